The Morgan fingerprint density at radius 3 is 2.50 bits per heavy atom. The van der Waals surface area contributed by atoms with Crippen LogP contribution < -0.4 is 15.4 Å². The highest BCUT2D eigenvalue weighted by Gasteiger charge is 2.26. The Balaban J connectivity index is 2.21. The molecule has 26 heavy (non-hydrogen) atoms. The second-order valence-corrected chi connectivity index (χ2v) is 5.67. The first kappa shape index (κ1) is 19.1. The normalized spacial score (nSPS) is 11.3. The van der Waals surface area contributed by atoms with E-state index in [0.717, 1.165) is 11.1 Å². The lowest BCUT2D eigenvalue weighted by atomic mass is 10.0. The van der Waals surface area contributed by atoms with E-state index in [2.05, 4.69) is 6.58 Å². The number of rotatable bonds is 7. The molecule has 0 fully saturated rings. The van der Waals surface area contributed by atoms with Crippen LogP contribution in [-0.2, 0) is 16.0 Å². The molecule has 0 aromatic heterocycles. The first-order chi connectivity index (χ1) is 12.4. The molecule has 1 atom stereocenters. The summed E-state index contributed by atoms with van der Waals surface area (Å²) in [7, 11) is 3.18. The van der Waals surface area contributed by atoms with E-state index in [4.69, 9.17) is 15.2 Å². The molecule has 2 N–H and O–H groups in total. The fourth-order valence-electron chi connectivity index (χ4n) is 2.53. The van der Waals surface area contributed by atoms with Gasteiger partial charge in [-0.15, -0.1) is 0 Å². The second kappa shape index (κ2) is 8.71. The van der Waals surface area contributed by atoms with Crippen molar-refractivity contribution >= 4 is 23.8 Å². The molecular weight excluding hydrogens is 332 g/mol. The van der Waals surface area contributed by atoms with Crippen LogP contribution in [-0.4, -0.2) is 32.3 Å². The Bertz CT molecular complexity index is 787. The van der Waals surface area contributed by atoms with Crippen LogP contribution in [0.4, 0.5) is 10.5 Å². The summed E-state index contributed by atoms with van der Waals surface area (Å²) in [4.78, 5) is 25.5. The molecule has 6 nitrogen and oxygen atoms in total. The van der Waals surface area contributed by atoms with E-state index in [1.807, 2.05) is 24.3 Å². The maximum absolute atomic E-state index is 12.8. The van der Waals surface area contributed by atoms with Crippen LogP contribution in [0, 0.1) is 0 Å². The summed E-state index contributed by atoms with van der Waals surface area (Å²) < 4.78 is 10.2. The van der Waals surface area contributed by atoms with Crippen molar-refractivity contribution in [1.29, 1.82) is 0 Å². The summed E-state index contributed by atoms with van der Waals surface area (Å²) in [5.74, 6) is 0.304. The van der Waals surface area contributed by atoms with Gasteiger partial charge in [-0.05, 0) is 35.4 Å². The van der Waals surface area contributed by atoms with E-state index in [0.29, 0.717) is 11.4 Å². The Hall–Kier alpha value is -3.28. The summed E-state index contributed by atoms with van der Waals surface area (Å²) in [6, 6.07) is 14.5. The predicted molar refractivity (Wildman–Crippen MR) is 101 cm³/mol. The van der Waals surface area contributed by atoms with E-state index in [1.165, 1.54) is 4.90 Å². The SMILES string of the molecule is C=Cc1cccc(CC(OC(N)=O)C(=O)N(C)c2ccc(OC)cc2)c1. The lowest BCUT2D eigenvalue weighted by molar-refractivity contribution is -0.126. The van der Waals surface area contributed by atoms with Crippen LogP contribution in [0.1, 0.15) is 11.1 Å². The molecule has 0 bridgehead atoms. The first-order valence-electron chi connectivity index (χ1n) is 8.03. The minimum absolute atomic E-state index is 0.212. The third-order valence-electron chi connectivity index (χ3n) is 3.93. The van der Waals surface area contributed by atoms with E-state index in [-0.39, 0.29) is 12.3 Å². The molecule has 0 saturated carbocycles. The highest BCUT2D eigenvalue weighted by molar-refractivity contribution is 5.97. The number of carbonyl (C=O) groups is 2. The van der Waals surface area contributed by atoms with Crippen molar-refractivity contribution in [1.82, 2.24) is 0 Å². The number of primary amides is 1. The van der Waals surface area contributed by atoms with Gasteiger partial charge in [-0.2, -0.15) is 0 Å². The minimum Gasteiger partial charge on any atom is -0.497 e. The monoisotopic (exact) mass is 354 g/mol. The standard InChI is InChI=1S/C20H22N2O4/c1-4-14-6-5-7-15(12-14)13-18(26-20(21)24)19(23)22(2)16-8-10-17(25-3)11-9-16/h4-12,18H,1,13H2,2-3H3,(H2,21,24). The van der Waals surface area contributed by atoms with E-state index < -0.39 is 12.2 Å². The van der Waals surface area contributed by atoms with Gasteiger partial charge in [0.2, 0.25) is 0 Å². The zero-order chi connectivity index (χ0) is 19.1. The molecule has 6 heteroatoms. The van der Waals surface area contributed by atoms with E-state index >= 15 is 0 Å². The van der Waals surface area contributed by atoms with Gasteiger partial charge in [0.1, 0.15) is 5.75 Å². The number of likely N-dealkylation sites (N-methyl/N-ethyl adjacent to an activating group) is 1. The molecule has 0 aliphatic rings. The number of methoxy groups -OCH3 is 1. The molecule has 0 spiro atoms. The molecule has 0 aliphatic carbocycles. The van der Waals surface area contributed by atoms with Crippen LogP contribution in [0.5, 0.6) is 5.75 Å². The summed E-state index contributed by atoms with van der Waals surface area (Å²) in [6.07, 6.45) is -0.103. The molecule has 0 heterocycles. The van der Waals surface area contributed by atoms with Crippen molar-refractivity contribution in [3.05, 3.63) is 66.2 Å². The van der Waals surface area contributed by atoms with Crippen LogP contribution in [0.25, 0.3) is 6.08 Å². The highest BCUT2D eigenvalue weighted by atomic mass is 16.6. The fourth-order valence-corrected chi connectivity index (χ4v) is 2.53. The lowest BCUT2D eigenvalue weighted by Gasteiger charge is -2.23. The number of nitrogens with zero attached hydrogens (tertiary/aromatic N) is 1. The largest absolute Gasteiger partial charge is 0.497 e. The van der Waals surface area contributed by atoms with Crippen LogP contribution >= 0.6 is 0 Å². The second-order valence-electron chi connectivity index (χ2n) is 5.67. The Kier molecular flexibility index (Phi) is 6.38. The minimum atomic E-state index is -1.03. The number of benzene rings is 2. The van der Waals surface area contributed by atoms with Gasteiger partial charge < -0.3 is 20.1 Å². The summed E-state index contributed by atoms with van der Waals surface area (Å²) in [5, 5.41) is 0. The Morgan fingerprint density at radius 1 is 1.23 bits per heavy atom. The molecule has 2 amide bonds. The average Bonchev–Trinajstić information content (AvgIpc) is 2.66. The van der Waals surface area contributed by atoms with E-state index in [1.54, 1.807) is 44.5 Å². The molecule has 0 aliphatic heterocycles. The lowest BCUT2D eigenvalue weighted by Crippen LogP contribution is -2.41. The van der Waals surface area contributed by atoms with Gasteiger partial charge in [0, 0.05) is 19.2 Å². The molecule has 2 rings (SSSR count). The van der Waals surface area contributed by atoms with Crippen LogP contribution in [0.3, 0.4) is 0 Å². The first-order valence-corrected chi connectivity index (χ1v) is 8.03. The van der Waals surface area contributed by atoms with Gasteiger partial charge in [-0.25, -0.2) is 4.79 Å². The highest BCUT2D eigenvalue weighted by Crippen LogP contribution is 2.20. The molecule has 0 radical (unpaired) electrons. The number of anilines is 1. The Labute approximate surface area is 152 Å². The van der Waals surface area contributed by atoms with E-state index in [9.17, 15) is 9.59 Å². The zero-order valence-corrected chi connectivity index (χ0v) is 14.8. The predicted octanol–water partition coefficient (Wildman–Crippen LogP) is 3.01. The van der Waals surface area contributed by atoms with Gasteiger partial charge in [-0.1, -0.05) is 36.9 Å². The number of hydrogen-bond acceptors (Lipinski definition) is 4. The van der Waals surface area contributed by atoms with Crippen molar-refractivity contribution < 1.29 is 19.1 Å². The van der Waals surface area contributed by atoms with Crippen molar-refractivity contribution in [2.75, 3.05) is 19.1 Å². The van der Waals surface area contributed by atoms with Crippen molar-refractivity contribution in [2.45, 2.75) is 12.5 Å². The smallest absolute Gasteiger partial charge is 0.405 e. The molecule has 136 valence electrons. The summed E-state index contributed by atoms with van der Waals surface area (Å²) in [5.41, 5.74) is 7.55. The van der Waals surface area contributed by atoms with Gasteiger partial charge in [0.15, 0.2) is 6.10 Å². The number of nitrogens with two attached hydrogens (primary N) is 1. The zero-order valence-electron chi connectivity index (χ0n) is 14.8. The maximum Gasteiger partial charge on any atom is 0.405 e. The molecule has 2 aromatic carbocycles. The molecule has 1 unspecified atom stereocenters. The topological polar surface area (TPSA) is 81.9 Å². The van der Waals surface area contributed by atoms with Crippen LogP contribution in [0.2, 0.25) is 0 Å². The molecule has 0 saturated heterocycles. The Morgan fingerprint density at radius 2 is 1.92 bits per heavy atom. The maximum atomic E-state index is 12.8. The summed E-state index contributed by atoms with van der Waals surface area (Å²) >= 11 is 0. The fraction of sp³-hybridized carbons (Fsp3) is 0.200. The van der Waals surface area contributed by atoms with Gasteiger partial charge >= 0.3 is 6.09 Å². The molecule has 2 aromatic rings. The number of hydrogen-bond donors (Lipinski definition) is 1. The molecular formula is C20H22N2O4. The third-order valence-corrected chi connectivity index (χ3v) is 3.93. The van der Waals surface area contributed by atoms with Crippen molar-refractivity contribution in [3.8, 4) is 5.75 Å². The number of carbonyl (C=O) groups excluding carboxylic acids is 2. The average molecular weight is 354 g/mol. The van der Waals surface area contributed by atoms with Crippen molar-refractivity contribution in [3.63, 3.8) is 0 Å². The third kappa shape index (κ3) is 4.86. The quantitative estimate of drug-likeness (QED) is 0.829. The van der Waals surface area contributed by atoms with Crippen molar-refractivity contribution in [2.24, 2.45) is 5.73 Å². The summed E-state index contributed by atoms with van der Waals surface area (Å²) in [6.45, 7) is 3.73. The van der Waals surface area contributed by atoms with Gasteiger partial charge in [-0.3, -0.25) is 4.79 Å². The van der Waals surface area contributed by atoms with Gasteiger partial charge in [0.25, 0.3) is 5.91 Å². The van der Waals surface area contributed by atoms with Gasteiger partial charge in [0.05, 0.1) is 7.11 Å². The number of amides is 2. The van der Waals surface area contributed by atoms with Crippen LogP contribution in [0.15, 0.2) is 55.1 Å². The number of ether oxygens (including phenoxy) is 2.